The highest BCUT2D eigenvalue weighted by Gasteiger charge is 2.46. The van der Waals surface area contributed by atoms with Gasteiger partial charge in [-0.2, -0.15) is 21.6 Å². The highest BCUT2D eigenvalue weighted by molar-refractivity contribution is 7.93. The second-order valence-electron chi connectivity index (χ2n) is 4.38. The molecule has 7 heteroatoms. The van der Waals surface area contributed by atoms with E-state index in [9.17, 15) is 21.6 Å². The smallest absolute Gasteiger partial charge is 0.275 e. The zero-order valence-corrected chi connectivity index (χ0v) is 12.0. The standard InChI is InChI=1S/C15H12F3NO2S/c16-15(17,18)22(20,21)19-14-9-5-4-8-13(14)11-10-12-6-2-1-3-7-12/h1-11,19H. The van der Waals surface area contributed by atoms with Crippen LogP contribution in [0.25, 0.3) is 12.2 Å². The molecule has 0 heterocycles. The molecular formula is C15H12F3NO2S. The molecule has 116 valence electrons. The maximum atomic E-state index is 12.4. The molecule has 0 radical (unpaired) electrons. The molecule has 0 amide bonds. The van der Waals surface area contributed by atoms with E-state index in [1.807, 2.05) is 30.3 Å². The summed E-state index contributed by atoms with van der Waals surface area (Å²) >= 11 is 0. The first-order chi connectivity index (χ1) is 10.3. The van der Waals surface area contributed by atoms with Crippen molar-refractivity contribution in [2.24, 2.45) is 0 Å². The lowest BCUT2D eigenvalue weighted by atomic mass is 10.1. The Kier molecular flexibility index (Phi) is 4.56. The largest absolute Gasteiger partial charge is 0.516 e. The molecule has 0 fully saturated rings. The van der Waals surface area contributed by atoms with Gasteiger partial charge in [0, 0.05) is 0 Å². The first-order valence-corrected chi connectivity index (χ1v) is 7.69. The number of rotatable bonds is 4. The molecule has 0 bridgehead atoms. The van der Waals surface area contributed by atoms with Crippen molar-refractivity contribution in [3.63, 3.8) is 0 Å². The third-order valence-corrected chi connectivity index (χ3v) is 3.86. The Bertz CT molecular complexity index is 769. The Morgan fingerprint density at radius 2 is 1.45 bits per heavy atom. The van der Waals surface area contributed by atoms with Crippen molar-refractivity contribution in [2.75, 3.05) is 4.72 Å². The molecule has 0 unspecified atom stereocenters. The molecule has 1 N–H and O–H groups in total. The van der Waals surface area contributed by atoms with Gasteiger partial charge >= 0.3 is 15.5 Å². The predicted molar refractivity (Wildman–Crippen MR) is 80.4 cm³/mol. The van der Waals surface area contributed by atoms with E-state index < -0.39 is 15.5 Å². The molecule has 2 aromatic carbocycles. The summed E-state index contributed by atoms with van der Waals surface area (Å²) < 4.78 is 61.2. The van der Waals surface area contributed by atoms with E-state index >= 15 is 0 Å². The maximum Gasteiger partial charge on any atom is 0.516 e. The number of anilines is 1. The Morgan fingerprint density at radius 3 is 2.09 bits per heavy atom. The van der Waals surface area contributed by atoms with Crippen LogP contribution < -0.4 is 4.72 Å². The number of alkyl halides is 3. The zero-order chi connectivity index (χ0) is 16.2. The van der Waals surface area contributed by atoms with Crippen LogP contribution in [0.1, 0.15) is 11.1 Å². The highest BCUT2D eigenvalue weighted by Crippen LogP contribution is 2.27. The monoisotopic (exact) mass is 327 g/mol. The molecule has 0 aliphatic heterocycles. The van der Waals surface area contributed by atoms with E-state index in [0.29, 0.717) is 5.56 Å². The summed E-state index contributed by atoms with van der Waals surface area (Å²) in [6.45, 7) is 0. The van der Waals surface area contributed by atoms with Gasteiger partial charge in [0.15, 0.2) is 0 Å². The number of para-hydroxylation sites is 1. The van der Waals surface area contributed by atoms with Crippen LogP contribution in [0.3, 0.4) is 0 Å². The fraction of sp³-hybridized carbons (Fsp3) is 0.0667. The highest BCUT2D eigenvalue weighted by atomic mass is 32.2. The minimum Gasteiger partial charge on any atom is -0.275 e. The maximum absolute atomic E-state index is 12.4. The number of hydrogen-bond acceptors (Lipinski definition) is 2. The molecule has 22 heavy (non-hydrogen) atoms. The van der Waals surface area contributed by atoms with Crippen molar-refractivity contribution in [2.45, 2.75) is 5.51 Å². The van der Waals surface area contributed by atoms with Gasteiger partial charge in [-0.3, -0.25) is 4.72 Å². The topological polar surface area (TPSA) is 46.2 Å². The lowest BCUT2D eigenvalue weighted by Gasteiger charge is -2.12. The SMILES string of the molecule is O=S(=O)(Nc1ccccc1C=Cc1ccccc1)C(F)(F)F. The fourth-order valence-corrected chi connectivity index (χ4v) is 2.28. The van der Waals surface area contributed by atoms with Crippen LogP contribution in [0.2, 0.25) is 0 Å². The number of hydrogen-bond donors (Lipinski definition) is 1. The number of nitrogens with one attached hydrogen (secondary N) is 1. The molecule has 2 aromatic rings. The summed E-state index contributed by atoms with van der Waals surface area (Å²) in [6.07, 6.45) is 3.23. The van der Waals surface area contributed by atoms with E-state index in [4.69, 9.17) is 0 Å². The first kappa shape index (κ1) is 16.1. The van der Waals surface area contributed by atoms with Gasteiger partial charge in [-0.1, -0.05) is 60.7 Å². The van der Waals surface area contributed by atoms with Crippen LogP contribution in [0.4, 0.5) is 18.9 Å². The van der Waals surface area contributed by atoms with Crippen molar-refractivity contribution >= 4 is 27.9 Å². The molecule has 0 saturated heterocycles. The van der Waals surface area contributed by atoms with Crippen molar-refractivity contribution in [1.29, 1.82) is 0 Å². The van der Waals surface area contributed by atoms with Gasteiger partial charge < -0.3 is 0 Å². The molecule has 0 aromatic heterocycles. The molecule has 0 atom stereocenters. The minimum atomic E-state index is -5.44. The quantitative estimate of drug-likeness (QED) is 0.859. The molecule has 0 aliphatic carbocycles. The summed E-state index contributed by atoms with van der Waals surface area (Å²) in [5.74, 6) is 0. The number of sulfonamides is 1. The van der Waals surface area contributed by atoms with Gasteiger partial charge in [-0.05, 0) is 17.2 Å². The van der Waals surface area contributed by atoms with Gasteiger partial charge in [-0.15, -0.1) is 0 Å². The van der Waals surface area contributed by atoms with Crippen LogP contribution in [0.5, 0.6) is 0 Å². The Hall–Kier alpha value is -2.28. The number of halogens is 3. The van der Waals surface area contributed by atoms with Crippen LogP contribution in [0, 0.1) is 0 Å². The Morgan fingerprint density at radius 1 is 0.864 bits per heavy atom. The summed E-state index contributed by atoms with van der Waals surface area (Å²) in [5, 5.41) is 0. The Balaban J connectivity index is 2.30. The Labute approximate surface area is 126 Å². The zero-order valence-electron chi connectivity index (χ0n) is 11.2. The number of benzene rings is 2. The van der Waals surface area contributed by atoms with Gasteiger partial charge in [0.25, 0.3) is 0 Å². The van der Waals surface area contributed by atoms with Gasteiger partial charge in [0.1, 0.15) is 0 Å². The lowest BCUT2D eigenvalue weighted by molar-refractivity contribution is -0.0429. The van der Waals surface area contributed by atoms with Gasteiger partial charge in [0.2, 0.25) is 0 Å². The van der Waals surface area contributed by atoms with Gasteiger partial charge in [0.05, 0.1) is 5.69 Å². The van der Waals surface area contributed by atoms with Crippen LogP contribution in [-0.4, -0.2) is 13.9 Å². The van der Waals surface area contributed by atoms with Crippen molar-refractivity contribution in [1.82, 2.24) is 0 Å². The summed E-state index contributed by atoms with van der Waals surface area (Å²) in [7, 11) is -5.44. The lowest BCUT2D eigenvalue weighted by Crippen LogP contribution is -2.30. The second kappa shape index (κ2) is 6.23. The normalized spacial score (nSPS) is 12.5. The molecule has 0 spiro atoms. The third kappa shape index (κ3) is 3.88. The van der Waals surface area contributed by atoms with E-state index in [0.717, 1.165) is 5.56 Å². The van der Waals surface area contributed by atoms with Crippen molar-refractivity contribution < 1.29 is 21.6 Å². The fourth-order valence-electron chi connectivity index (χ4n) is 1.69. The van der Waals surface area contributed by atoms with Crippen molar-refractivity contribution in [3.8, 4) is 0 Å². The average molecular weight is 327 g/mol. The second-order valence-corrected chi connectivity index (χ2v) is 6.06. The third-order valence-electron chi connectivity index (χ3n) is 2.76. The molecular weight excluding hydrogens is 315 g/mol. The molecule has 3 nitrogen and oxygen atoms in total. The minimum absolute atomic E-state index is 0.132. The first-order valence-electron chi connectivity index (χ1n) is 6.21. The molecule has 2 rings (SSSR count). The average Bonchev–Trinajstić information content (AvgIpc) is 2.46. The van der Waals surface area contributed by atoms with Crippen LogP contribution in [-0.2, 0) is 10.0 Å². The van der Waals surface area contributed by atoms with E-state index in [2.05, 4.69) is 0 Å². The van der Waals surface area contributed by atoms with Crippen molar-refractivity contribution in [3.05, 3.63) is 65.7 Å². The van der Waals surface area contributed by atoms with E-state index in [1.54, 1.807) is 22.9 Å². The van der Waals surface area contributed by atoms with Gasteiger partial charge in [-0.25, -0.2) is 0 Å². The van der Waals surface area contributed by atoms with Crippen LogP contribution >= 0.6 is 0 Å². The predicted octanol–water partition coefficient (Wildman–Crippen LogP) is 4.12. The van der Waals surface area contributed by atoms with Crippen LogP contribution in [0.15, 0.2) is 54.6 Å². The molecule has 0 aliphatic rings. The summed E-state index contributed by atoms with van der Waals surface area (Å²) in [5.41, 5.74) is -4.31. The van der Waals surface area contributed by atoms with E-state index in [-0.39, 0.29) is 5.69 Å². The van der Waals surface area contributed by atoms with E-state index in [1.165, 1.54) is 18.2 Å². The summed E-state index contributed by atoms with van der Waals surface area (Å²) in [4.78, 5) is 0. The molecule has 0 saturated carbocycles. The summed E-state index contributed by atoms with van der Waals surface area (Å²) in [6, 6.07) is 15.0.